The number of hydrogen-bond acceptors (Lipinski definition) is 3. The van der Waals surface area contributed by atoms with E-state index in [4.69, 9.17) is 5.11 Å². The summed E-state index contributed by atoms with van der Waals surface area (Å²) in [7, 11) is 0. The monoisotopic (exact) mass is 249 g/mol. The summed E-state index contributed by atoms with van der Waals surface area (Å²) in [6, 6.07) is 6.72. The minimum absolute atomic E-state index is 0.217. The molecule has 1 aliphatic rings. The van der Waals surface area contributed by atoms with E-state index in [1.165, 1.54) is 0 Å². The number of hydrogen-bond donors (Lipinski definition) is 2. The molecule has 1 aromatic rings. The molecule has 0 spiro atoms. The highest BCUT2D eigenvalue weighted by molar-refractivity contribution is 8.02. The third-order valence-electron chi connectivity index (χ3n) is 2.71. The van der Waals surface area contributed by atoms with Gasteiger partial charge in [-0.3, -0.25) is 4.79 Å². The summed E-state index contributed by atoms with van der Waals surface area (Å²) in [6.45, 7) is 0. The van der Waals surface area contributed by atoms with Crippen molar-refractivity contribution < 1.29 is 14.7 Å². The zero-order valence-corrected chi connectivity index (χ0v) is 9.74. The van der Waals surface area contributed by atoms with Crippen LogP contribution in [0.4, 0.5) is 0 Å². The number of benzene rings is 1. The maximum atomic E-state index is 11.2. The molecule has 1 aliphatic heterocycles. The highest BCUT2D eigenvalue weighted by Crippen LogP contribution is 2.35. The summed E-state index contributed by atoms with van der Waals surface area (Å²) in [5.74, 6) is -0.381. The Kier molecular flexibility index (Phi) is 3.19. The number of carboxylic acid groups (broad SMARTS) is 1. The van der Waals surface area contributed by atoms with Crippen molar-refractivity contribution in [1.82, 2.24) is 5.32 Å². The van der Waals surface area contributed by atoms with Gasteiger partial charge in [0.2, 0.25) is 6.41 Å². The molecular formula is C12H11NO3S. The van der Waals surface area contributed by atoms with Crippen LogP contribution < -0.4 is 5.32 Å². The van der Waals surface area contributed by atoms with Crippen LogP contribution in [0.3, 0.4) is 0 Å². The van der Waals surface area contributed by atoms with Gasteiger partial charge in [0.15, 0.2) is 0 Å². The van der Waals surface area contributed by atoms with E-state index in [0.717, 1.165) is 0 Å². The molecule has 2 N–H and O–H groups in total. The Morgan fingerprint density at radius 3 is 2.82 bits per heavy atom. The summed E-state index contributed by atoms with van der Waals surface area (Å²) < 4.78 is 0. The van der Waals surface area contributed by atoms with Crippen molar-refractivity contribution in [2.24, 2.45) is 0 Å². The van der Waals surface area contributed by atoms with Gasteiger partial charge in [-0.15, -0.1) is 11.8 Å². The zero-order chi connectivity index (χ0) is 12.3. The van der Waals surface area contributed by atoms with Gasteiger partial charge < -0.3 is 10.4 Å². The lowest BCUT2D eigenvalue weighted by Gasteiger charge is -2.28. The van der Waals surface area contributed by atoms with Gasteiger partial charge in [0, 0.05) is 5.75 Å². The van der Waals surface area contributed by atoms with Gasteiger partial charge in [0.05, 0.1) is 11.1 Å². The molecule has 1 amide bonds. The van der Waals surface area contributed by atoms with Gasteiger partial charge in [-0.1, -0.05) is 18.2 Å². The predicted molar refractivity (Wildman–Crippen MR) is 65.9 cm³/mol. The van der Waals surface area contributed by atoms with Crippen molar-refractivity contribution in [3.8, 4) is 0 Å². The largest absolute Gasteiger partial charge is 0.478 e. The molecule has 0 aromatic heterocycles. The lowest BCUT2D eigenvalue weighted by molar-refractivity contribution is -0.110. The third kappa shape index (κ3) is 2.06. The van der Waals surface area contributed by atoms with Crippen molar-refractivity contribution >= 4 is 24.1 Å². The average Bonchev–Trinajstić information content (AvgIpc) is 2.79. The zero-order valence-electron chi connectivity index (χ0n) is 8.92. The van der Waals surface area contributed by atoms with Crippen molar-refractivity contribution in [1.29, 1.82) is 0 Å². The second-order valence-electron chi connectivity index (χ2n) is 3.70. The standard InChI is InChI=1S/C12H11NO3S/c14-8-13-12(5-6-17-7-12)10-4-2-1-3-9(10)11(15)16/h1-6,8H,7H2,(H,13,14)(H,15,16). The summed E-state index contributed by atoms with van der Waals surface area (Å²) in [5, 5.41) is 13.7. The maximum Gasteiger partial charge on any atom is 0.336 e. The van der Waals surface area contributed by atoms with Crippen LogP contribution in [0.5, 0.6) is 0 Å². The maximum absolute atomic E-state index is 11.2. The number of amides is 1. The molecule has 1 heterocycles. The summed E-state index contributed by atoms with van der Waals surface area (Å²) in [6.07, 6.45) is 2.43. The third-order valence-corrected chi connectivity index (χ3v) is 3.66. The number of rotatable bonds is 4. The number of carbonyl (C=O) groups excluding carboxylic acids is 1. The van der Waals surface area contributed by atoms with Gasteiger partial charge >= 0.3 is 5.97 Å². The molecule has 1 aromatic carbocycles. The van der Waals surface area contributed by atoms with E-state index in [1.807, 2.05) is 11.5 Å². The predicted octanol–water partition coefficient (Wildman–Crippen LogP) is 1.59. The molecule has 17 heavy (non-hydrogen) atoms. The molecule has 1 unspecified atom stereocenters. The number of carboxylic acids is 1. The molecule has 0 bridgehead atoms. The molecule has 0 saturated heterocycles. The summed E-state index contributed by atoms with van der Waals surface area (Å²) in [4.78, 5) is 21.9. The normalized spacial score (nSPS) is 22.4. The molecule has 0 aliphatic carbocycles. The molecule has 88 valence electrons. The lowest BCUT2D eigenvalue weighted by Crippen LogP contribution is -2.41. The Hall–Kier alpha value is -1.75. The van der Waals surface area contributed by atoms with Gasteiger partial charge in [-0.05, 0) is 23.1 Å². The second kappa shape index (κ2) is 4.63. The SMILES string of the molecule is O=CNC1(c2ccccc2C(=O)O)C=CSC1. The van der Waals surface area contributed by atoms with Crippen LogP contribution in [0.25, 0.3) is 0 Å². The van der Waals surface area contributed by atoms with Crippen LogP contribution in [-0.4, -0.2) is 23.2 Å². The number of carbonyl (C=O) groups is 2. The van der Waals surface area contributed by atoms with E-state index in [2.05, 4.69) is 5.32 Å². The first-order chi connectivity index (χ1) is 8.19. The van der Waals surface area contributed by atoms with Crippen LogP contribution in [0.15, 0.2) is 35.7 Å². The minimum atomic E-state index is -0.988. The summed E-state index contributed by atoms with van der Waals surface area (Å²) >= 11 is 1.54. The van der Waals surface area contributed by atoms with E-state index < -0.39 is 11.5 Å². The molecule has 1 atom stereocenters. The fraction of sp³-hybridized carbons (Fsp3) is 0.167. The van der Waals surface area contributed by atoms with Gasteiger partial charge in [-0.2, -0.15) is 0 Å². The molecule has 4 nitrogen and oxygen atoms in total. The smallest absolute Gasteiger partial charge is 0.336 e. The fourth-order valence-electron chi connectivity index (χ4n) is 1.89. The first-order valence-corrected chi connectivity index (χ1v) is 6.08. The second-order valence-corrected chi connectivity index (χ2v) is 4.59. The Balaban J connectivity index is 2.54. The summed E-state index contributed by atoms with van der Waals surface area (Å²) in [5.41, 5.74) is 0.122. The fourth-order valence-corrected chi connectivity index (χ4v) is 2.91. The van der Waals surface area contributed by atoms with Crippen LogP contribution >= 0.6 is 11.8 Å². The van der Waals surface area contributed by atoms with E-state index >= 15 is 0 Å². The van der Waals surface area contributed by atoms with Crippen molar-refractivity contribution in [3.05, 3.63) is 46.9 Å². The molecule has 0 saturated carbocycles. The molecular weight excluding hydrogens is 238 g/mol. The number of thioether (sulfide) groups is 1. The Labute approximate surface area is 103 Å². The quantitative estimate of drug-likeness (QED) is 0.795. The minimum Gasteiger partial charge on any atom is -0.478 e. The average molecular weight is 249 g/mol. The lowest BCUT2D eigenvalue weighted by atomic mass is 9.88. The van der Waals surface area contributed by atoms with Crippen molar-refractivity contribution in [2.75, 3.05) is 5.75 Å². The first kappa shape index (κ1) is 11.7. The Morgan fingerprint density at radius 1 is 1.47 bits per heavy atom. The molecule has 0 radical (unpaired) electrons. The van der Waals surface area contributed by atoms with Crippen LogP contribution in [0.2, 0.25) is 0 Å². The number of aromatic carboxylic acids is 1. The van der Waals surface area contributed by atoms with Crippen LogP contribution in [0.1, 0.15) is 15.9 Å². The molecule has 2 rings (SSSR count). The molecule has 0 fully saturated rings. The van der Waals surface area contributed by atoms with Gasteiger partial charge in [0.25, 0.3) is 0 Å². The highest BCUT2D eigenvalue weighted by Gasteiger charge is 2.35. The van der Waals surface area contributed by atoms with Gasteiger partial charge in [0.1, 0.15) is 0 Å². The topological polar surface area (TPSA) is 66.4 Å². The molecule has 5 heteroatoms. The van der Waals surface area contributed by atoms with E-state index in [-0.39, 0.29) is 5.56 Å². The number of nitrogens with one attached hydrogen (secondary N) is 1. The van der Waals surface area contributed by atoms with Crippen LogP contribution in [-0.2, 0) is 10.3 Å². The van der Waals surface area contributed by atoms with Gasteiger partial charge in [-0.25, -0.2) is 4.79 Å². The Bertz CT molecular complexity index is 486. The first-order valence-electron chi connectivity index (χ1n) is 5.03. The van der Waals surface area contributed by atoms with Crippen molar-refractivity contribution in [3.63, 3.8) is 0 Å². The van der Waals surface area contributed by atoms with E-state index in [0.29, 0.717) is 17.7 Å². The van der Waals surface area contributed by atoms with E-state index in [9.17, 15) is 9.59 Å². The highest BCUT2D eigenvalue weighted by atomic mass is 32.2. The van der Waals surface area contributed by atoms with Crippen LogP contribution in [0, 0.1) is 0 Å². The van der Waals surface area contributed by atoms with E-state index in [1.54, 1.807) is 36.0 Å². The Morgan fingerprint density at radius 2 is 2.24 bits per heavy atom. The van der Waals surface area contributed by atoms with Crippen molar-refractivity contribution in [2.45, 2.75) is 5.54 Å².